The molecule has 0 N–H and O–H groups in total. The molecule has 16 heavy (non-hydrogen) atoms. The molecule has 0 aliphatic rings. The van der Waals surface area contributed by atoms with E-state index >= 15 is 0 Å². The molecule has 0 spiro atoms. The SMILES string of the molecule is CC(=O)c1nc(-c2ccc(Cl)cc2)oc1C. The molecule has 2 aromatic rings. The average Bonchev–Trinajstić information content (AvgIpc) is 2.61. The van der Waals surface area contributed by atoms with Crippen molar-refractivity contribution in [1.29, 1.82) is 0 Å². The van der Waals surface area contributed by atoms with Crippen molar-refractivity contribution in [1.82, 2.24) is 4.98 Å². The van der Waals surface area contributed by atoms with Gasteiger partial charge in [-0.2, -0.15) is 0 Å². The minimum Gasteiger partial charge on any atom is -0.441 e. The molecule has 0 aliphatic carbocycles. The summed E-state index contributed by atoms with van der Waals surface area (Å²) < 4.78 is 5.43. The van der Waals surface area contributed by atoms with Crippen molar-refractivity contribution in [2.24, 2.45) is 0 Å². The third-order valence-electron chi connectivity index (χ3n) is 2.22. The summed E-state index contributed by atoms with van der Waals surface area (Å²) in [7, 11) is 0. The normalized spacial score (nSPS) is 10.4. The molecule has 0 saturated heterocycles. The van der Waals surface area contributed by atoms with Crippen molar-refractivity contribution in [2.75, 3.05) is 0 Å². The Morgan fingerprint density at radius 1 is 1.31 bits per heavy atom. The summed E-state index contributed by atoms with van der Waals surface area (Å²) in [4.78, 5) is 15.4. The number of rotatable bonds is 2. The molecule has 0 atom stereocenters. The number of Topliss-reactive ketones (excluding diaryl/α,β-unsaturated/α-hetero) is 1. The van der Waals surface area contributed by atoms with E-state index in [1.165, 1.54) is 6.92 Å². The van der Waals surface area contributed by atoms with Crippen LogP contribution in [0, 0.1) is 6.92 Å². The molecule has 1 heterocycles. The number of aromatic nitrogens is 1. The third-order valence-corrected chi connectivity index (χ3v) is 2.47. The van der Waals surface area contributed by atoms with Gasteiger partial charge < -0.3 is 4.42 Å². The first-order valence-electron chi connectivity index (χ1n) is 4.82. The van der Waals surface area contributed by atoms with Crippen molar-refractivity contribution in [2.45, 2.75) is 13.8 Å². The van der Waals surface area contributed by atoms with Gasteiger partial charge >= 0.3 is 0 Å². The first-order valence-corrected chi connectivity index (χ1v) is 5.20. The molecule has 0 aliphatic heterocycles. The summed E-state index contributed by atoms with van der Waals surface area (Å²) >= 11 is 5.78. The Balaban J connectivity index is 2.45. The van der Waals surface area contributed by atoms with E-state index in [4.69, 9.17) is 16.0 Å². The molecular weight excluding hydrogens is 226 g/mol. The zero-order valence-electron chi connectivity index (χ0n) is 8.95. The lowest BCUT2D eigenvalue weighted by Gasteiger charge is -1.94. The minimum atomic E-state index is -0.0959. The maximum Gasteiger partial charge on any atom is 0.226 e. The smallest absolute Gasteiger partial charge is 0.226 e. The first kappa shape index (κ1) is 10.9. The molecule has 0 unspecified atom stereocenters. The van der Waals surface area contributed by atoms with Gasteiger partial charge in [-0.1, -0.05) is 11.6 Å². The van der Waals surface area contributed by atoms with Gasteiger partial charge in [0.1, 0.15) is 11.5 Å². The Kier molecular flexibility index (Phi) is 2.79. The molecule has 1 aromatic heterocycles. The standard InChI is InChI=1S/C12H10ClNO2/c1-7(15)11-8(2)16-12(14-11)9-3-5-10(13)6-4-9/h3-6H,1-2H3. The van der Waals surface area contributed by atoms with E-state index in [1.54, 1.807) is 31.2 Å². The van der Waals surface area contributed by atoms with Gasteiger partial charge in [0, 0.05) is 17.5 Å². The molecule has 0 bridgehead atoms. The van der Waals surface area contributed by atoms with Crippen LogP contribution >= 0.6 is 11.6 Å². The number of carbonyl (C=O) groups excluding carboxylic acids is 1. The summed E-state index contributed by atoms with van der Waals surface area (Å²) in [5, 5.41) is 0.652. The number of hydrogen-bond acceptors (Lipinski definition) is 3. The van der Waals surface area contributed by atoms with Crippen LogP contribution in [0.1, 0.15) is 23.2 Å². The highest BCUT2D eigenvalue weighted by molar-refractivity contribution is 6.30. The second kappa shape index (κ2) is 4.10. The first-order chi connectivity index (χ1) is 7.58. The fourth-order valence-electron chi connectivity index (χ4n) is 1.44. The highest BCUT2D eigenvalue weighted by Gasteiger charge is 2.14. The number of aryl methyl sites for hydroxylation is 1. The van der Waals surface area contributed by atoms with Crippen molar-refractivity contribution in [3.8, 4) is 11.5 Å². The maximum absolute atomic E-state index is 11.2. The maximum atomic E-state index is 11.2. The Bertz CT molecular complexity index is 528. The van der Waals surface area contributed by atoms with Crippen LogP contribution in [0.2, 0.25) is 5.02 Å². The molecular formula is C12H10ClNO2. The van der Waals surface area contributed by atoms with Gasteiger partial charge in [-0.3, -0.25) is 4.79 Å². The molecule has 1 aromatic carbocycles. The molecule has 3 nitrogen and oxygen atoms in total. The third kappa shape index (κ3) is 1.99. The summed E-state index contributed by atoms with van der Waals surface area (Å²) in [6.45, 7) is 3.19. The molecule has 4 heteroatoms. The number of nitrogens with zero attached hydrogens (tertiary/aromatic N) is 1. The molecule has 82 valence electrons. The lowest BCUT2D eigenvalue weighted by Crippen LogP contribution is -1.94. The summed E-state index contributed by atoms with van der Waals surface area (Å²) in [6, 6.07) is 7.11. The highest BCUT2D eigenvalue weighted by Crippen LogP contribution is 2.23. The number of hydrogen-bond donors (Lipinski definition) is 0. The Labute approximate surface area is 98.1 Å². The highest BCUT2D eigenvalue weighted by atomic mass is 35.5. The number of oxazole rings is 1. The van der Waals surface area contributed by atoms with E-state index in [2.05, 4.69) is 4.98 Å². The fourth-order valence-corrected chi connectivity index (χ4v) is 1.56. The average molecular weight is 236 g/mol. The predicted octanol–water partition coefficient (Wildman–Crippen LogP) is 3.51. The van der Waals surface area contributed by atoms with Gasteiger partial charge in [-0.05, 0) is 31.2 Å². The number of benzene rings is 1. The van der Waals surface area contributed by atoms with E-state index in [0.29, 0.717) is 22.4 Å². The Hall–Kier alpha value is -1.61. The van der Waals surface area contributed by atoms with Crippen LogP contribution in [0.4, 0.5) is 0 Å². The van der Waals surface area contributed by atoms with Gasteiger partial charge in [0.25, 0.3) is 0 Å². The van der Waals surface area contributed by atoms with E-state index in [1.807, 2.05) is 0 Å². The van der Waals surface area contributed by atoms with E-state index in [0.717, 1.165) is 5.56 Å². The topological polar surface area (TPSA) is 43.1 Å². The quantitative estimate of drug-likeness (QED) is 0.748. The summed E-state index contributed by atoms with van der Waals surface area (Å²) in [5.41, 5.74) is 1.19. The largest absolute Gasteiger partial charge is 0.441 e. The van der Waals surface area contributed by atoms with Crippen molar-refractivity contribution in [3.63, 3.8) is 0 Å². The number of ketones is 1. The van der Waals surface area contributed by atoms with Crippen LogP contribution in [0.15, 0.2) is 28.7 Å². The van der Waals surface area contributed by atoms with Crippen molar-refractivity contribution >= 4 is 17.4 Å². The van der Waals surface area contributed by atoms with Crippen molar-refractivity contribution in [3.05, 3.63) is 40.7 Å². The zero-order valence-corrected chi connectivity index (χ0v) is 9.71. The molecule has 0 fully saturated rings. The minimum absolute atomic E-state index is 0.0959. The van der Waals surface area contributed by atoms with Crippen LogP contribution in [0.5, 0.6) is 0 Å². The Morgan fingerprint density at radius 2 is 1.94 bits per heavy atom. The van der Waals surface area contributed by atoms with E-state index in [-0.39, 0.29) is 5.78 Å². The molecule has 0 saturated carbocycles. The Morgan fingerprint density at radius 3 is 2.44 bits per heavy atom. The van der Waals surface area contributed by atoms with E-state index < -0.39 is 0 Å². The lowest BCUT2D eigenvalue weighted by molar-refractivity contribution is 0.101. The second-order valence-electron chi connectivity index (χ2n) is 3.49. The summed E-state index contributed by atoms with van der Waals surface area (Å²) in [5.74, 6) is 0.887. The number of carbonyl (C=O) groups is 1. The van der Waals surface area contributed by atoms with Gasteiger partial charge in [-0.15, -0.1) is 0 Å². The van der Waals surface area contributed by atoms with Gasteiger partial charge in [0.2, 0.25) is 5.89 Å². The van der Waals surface area contributed by atoms with Crippen LogP contribution in [0.3, 0.4) is 0 Å². The van der Waals surface area contributed by atoms with E-state index in [9.17, 15) is 4.79 Å². The monoisotopic (exact) mass is 235 g/mol. The van der Waals surface area contributed by atoms with Gasteiger partial charge in [0.05, 0.1) is 0 Å². The number of halogens is 1. The van der Waals surface area contributed by atoms with Crippen LogP contribution in [0.25, 0.3) is 11.5 Å². The van der Waals surface area contributed by atoms with Crippen molar-refractivity contribution < 1.29 is 9.21 Å². The van der Waals surface area contributed by atoms with Crippen LogP contribution < -0.4 is 0 Å². The van der Waals surface area contributed by atoms with Gasteiger partial charge in [-0.25, -0.2) is 4.98 Å². The van der Waals surface area contributed by atoms with Gasteiger partial charge in [0.15, 0.2) is 5.78 Å². The molecule has 0 amide bonds. The molecule has 0 radical (unpaired) electrons. The summed E-state index contributed by atoms with van der Waals surface area (Å²) in [6.07, 6.45) is 0. The lowest BCUT2D eigenvalue weighted by atomic mass is 10.2. The van der Waals surface area contributed by atoms with Crippen LogP contribution in [-0.2, 0) is 0 Å². The second-order valence-corrected chi connectivity index (χ2v) is 3.92. The molecule has 2 rings (SSSR count). The predicted molar refractivity (Wildman–Crippen MR) is 61.7 cm³/mol. The zero-order chi connectivity index (χ0) is 11.7. The fraction of sp³-hybridized carbons (Fsp3) is 0.167. The van der Waals surface area contributed by atoms with Crippen LogP contribution in [-0.4, -0.2) is 10.8 Å².